The molecule has 3 heterocycles. The molecule has 3 aromatic rings. The molecule has 29 heavy (non-hydrogen) atoms. The molecule has 0 unspecified atom stereocenters. The molecule has 0 atom stereocenters. The molecule has 1 aliphatic rings. The van der Waals surface area contributed by atoms with Crippen LogP contribution in [0.4, 0.5) is 0 Å². The van der Waals surface area contributed by atoms with E-state index in [1.54, 1.807) is 11.8 Å². The third-order valence-corrected chi connectivity index (χ3v) is 4.89. The molecule has 0 fully saturated rings. The minimum absolute atomic E-state index is 0.0126. The van der Waals surface area contributed by atoms with E-state index in [2.05, 4.69) is 10.1 Å². The lowest BCUT2D eigenvalue weighted by Crippen LogP contribution is -2.39. The van der Waals surface area contributed by atoms with Gasteiger partial charge in [0.15, 0.2) is 0 Å². The number of hydrogen-bond donors (Lipinski definition) is 0. The van der Waals surface area contributed by atoms with Crippen LogP contribution < -0.4 is 9.47 Å². The smallest absolute Gasteiger partial charge is 0.272 e. The summed E-state index contributed by atoms with van der Waals surface area (Å²) >= 11 is 0. The van der Waals surface area contributed by atoms with Gasteiger partial charge in [-0.2, -0.15) is 5.10 Å². The molecule has 0 radical (unpaired) electrons. The van der Waals surface area contributed by atoms with Crippen molar-refractivity contribution in [1.82, 2.24) is 19.7 Å². The molecule has 0 aliphatic carbocycles. The van der Waals surface area contributed by atoms with Crippen LogP contribution in [0, 0.1) is 13.8 Å². The average molecular weight is 392 g/mol. The summed E-state index contributed by atoms with van der Waals surface area (Å²) < 4.78 is 12.8. The van der Waals surface area contributed by atoms with Crippen molar-refractivity contribution >= 4 is 5.91 Å². The highest BCUT2D eigenvalue weighted by atomic mass is 16.5. The molecular weight excluding hydrogens is 368 g/mol. The quantitative estimate of drug-likeness (QED) is 0.645. The number of amides is 1. The number of nitrogens with zero attached hydrogens (tertiary/aromatic N) is 4. The van der Waals surface area contributed by atoms with E-state index in [-0.39, 0.29) is 5.91 Å². The van der Waals surface area contributed by atoms with Crippen molar-refractivity contribution < 1.29 is 14.3 Å². The number of methoxy groups -OCH3 is 1. The van der Waals surface area contributed by atoms with Crippen LogP contribution in [0.3, 0.4) is 0 Å². The molecule has 0 saturated carbocycles. The first kappa shape index (κ1) is 19.0. The van der Waals surface area contributed by atoms with Crippen LogP contribution in [-0.4, -0.2) is 39.2 Å². The van der Waals surface area contributed by atoms with Gasteiger partial charge in [-0.1, -0.05) is 12.1 Å². The number of aryl methyl sites for hydroxylation is 2. The summed E-state index contributed by atoms with van der Waals surface area (Å²) in [5, 5.41) is 4.54. The Morgan fingerprint density at radius 1 is 1.00 bits per heavy atom. The molecule has 7 heteroatoms. The van der Waals surface area contributed by atoms with Gasteiger partial charge in [0.1, 0.15) is 29.5 Å². The summed E-state index contributed by atoms with van der Waals surface area (Å²) in [7, 11) is 1.64. The van der Waals surface area contributed by atoms with Gasteiger partial charge in [-0.15, -0.1) is 0 Å². The number of pyridine rings is 1. The highest BCUT2D eigenvalue weighted by molar-refractivity contribution is 5.93. The Kier molecular flexibility index (Phi) is 5.20. The monoisotopic (exact) mass is 392 g/mol. The molecule has 0 N–H and O–H groups in total. The SMILES string of the molecule is COc1ccc(CN2CCn3nc(COc4cc(C)nc(C)c4)cc3C2=O)cc1. The zero-order chi connectivity index (χ0) is 20.4. The van der Waals surface area contributed by atoms with E-state index in [1.807, 2.05) is 61.2 Å². The number of benzene rings is 1. The second-order valence-corrected chi connectivity index (χ2v) is 7.19. The molecule has 0 bridgehead atoms. The van der Waals surface area contributed by atoms with Crippen LogP contribution in [0.5, 0.6) is 11.5 Å². The van der Waals surface area contributed by atoms with E-state index >= 15 is 0 Å². The van der Waals surface area contributed by atoms with Crippen molar-refractivity contribution in [3.05, 3.63) is 70.8 Å². The fraction of sp³-hybridized carbons (Fsp3) is 0.318. The number of ether oxygens (including phenoxy) is 2. The van der Waals surface area contributed by atoms with Crippen molar-refractivity contribution in [2.45, 2.75) is 33.5 Å². The largest absolute Gasteiger partial charge is 0.497 e. The van der Waals surface area contributed by atoms with Gasteiger partial charge in [0.25, 0.3) is 5.91 Å². The third-order valence-electron chi connectivity index (χ3n) is 4.89. The summed E-state index contributed by atoms with van der Waals surface area (Å²) in [5.74, 6) is 1.55. The summed E-state index contributed by atoms with van der Waals surface area (Å²) in [6, 6.07) is 13.4. The molecular formula is C22H24N4O3. The topological polar surface area (TPSA) is 69.5 Å². The van der Waals surface area contributed by atoms with E-state index in [0.29, 0.717) is 31.9 Å². The van der Waals surface area contributed by atoms with Crippen LogP contribution >= 0.6 is 0 Å². The summed E-state index contributed by atoms with van der Waals surface area (Å²) in [6.07, 6.45) is 0. The molecule has 2 aromatic heterocycles. The van der Waals surface area contributed by atoms with E-state index in [0.717, 1.165) is 34.1 Å². The summed E-state index contributed by atoms with van der Waals surface area (Å²) in [6.45, 7) is 6.05. The normalized spacial score (nSPS) is 13.3. The van der Waals surface area contributed by atoms with Crippen molar-refractivity contribution in [3.63, 3.8) is 0 Å². The first-order chi connectivity index (χ1) is 14.0. The molecule has 4 rings (SSSR count). The predicted molar refractivity (Wildman–Crippen MR) is 108 cm³/mol. The Labute approximate surface area is 169 Å². The maximum atomic E-state index is 12.9. The fourth-order valence-corrected chi connectivity index (χ4v) is 3.50. The number of carbonyl (C=O) groups excluding carboxylic acids is 1. The Bertz CT molecular complexity index is 1010. The lowest BCUT2D eigenvalue weighted by atomic mass is 10.2. The number of rotatable bonds is 6. The highest BCUT2D eigenvalue weighted by Gasteiger charge is 2.26. The Hall–Kier alpha value is -3.35. The molecule has 0 saturated heterocycles. The van der Waals surface area contributed by atoms with Crippen molar-refractivity contribution in [2.24, 2.45) is 0 Å². The van der Waals surface area contributed by atoms with Gasteiger partial charge in [0.05, 0.1) is 13.7 Å². The van der Waals surface area contributed by atoms with Gasteiger partial charge >= 0.3 is 0 Å². The van der Waals surface area contributed by atoms with E-state index in [4.69, 9.17) is 9.47 Å². The van der Waals surface area contributed by atoms with Crippen molar-refractivity contribution in [3.8, 4) is 11.5 Å². The number of fused-ring (bicyclic) bond motifs is 1. The Morgan fingerprint density at radius 2 is 1.72 bits per heavy atom. The molecule has 1 aromatic carbocycles. The minimum Gasteiger partial charge on any atom is -0.497 e. The van der Waals surface area contributed by atoms with Gasteiger partial charge in [0.2, 0.25) is 0 Å². The van der Waals surface area contributed by atoms with Gasteiger partial charge in [-0.05, 0) is 37.6 Å². The maximum Gasteiger partial charge on any atom is 0.272 e. The van der Waals surface area contributed by atoms with Crippen molar-refractivity contribution in [1.29, 1.82) is 0 Å². The van der Waals surface area contributed by atoms with Crippen LogP contribution in [-0.2, 0) is 19.7 Å². The van der Waals surface area contributed by atoms with Crippen LogP contribution in [0.15, 0.2) is 42.5 Å². The molecule has 150 valence electrons. The highest BCUT2D eigenvalue weighted by Crippen LogP contribution is 2.20. The molecule has 0 spiro atoms. The van der Waals surface area contributed by atoms with Gasteiger partial charge in [-0.3, -0.25) is 14.5 Å². The van der Waals surface area contributed by atoms with Gasteiger partial charge < -0.3 is 14.4 Å². The molecule has 1 amide bonds. The lowest BCUT2D eigenvalue weighted by molar-refractivity contribution is 0.0683. The minimum atomic E-state index is -0.0126. The van der Waals surface area contributed by atoms with E-state index in [9.17, 15) is 4.79 Å². The second-order valence-electron chi connectivity index (χ2n) is 7.19. The van der Waals surface area contributed by atoms with Crippen LogP contribution in [0.1, 0.15) is 33.1 Å². The molecule has 1 aliphatic heterocycles. The zero-order valence-electron chi connectivity index (χ0n) is 16.9. The summed E-state index contributed by atoms with van der Waals surface area (Å²) in [5.41, 5.74) is 4.23. The first-order valence-corrected chi connectivity index (χ1v) is 9.59. The van der Waals surface area contributed by atoms with E-state index in [1.165, 1.54) is 0 Å². The number of aromatic nitrogens is 3. The number of hydrogen-bond acceptors (Lipinski definition) is 5. The summed E-state index contributed by atoms with van der Waals surface area (Å²) in [4.78, 5) is 19.1. The Morgan fingerprint density at radius 3 is 2.41 bits per heavy atom. The lowest BCUT2D eigenvalue weighted by Gasteiger charge is -2.27. The Balaban J connectivity index is 1.43. The second kappa shape index (κ2) is 7.95. The maximum absolute atomic E-state index is 12.9. The number of carbonyl (C=O) groups is 1. The van der Waals surface area contributed by atoms with Crippen LogP contribution in [0.25, 0.3) is 0 Å². The zero-order valence-corrected chi connectivity index (χ0v) is 16.9. The fourth-order valence-electron chi connectivity index (χ4n) is 3.50. The average Bonchev–Trinajstić information content (AvgIpc) is 3.12. The van der Waals surface area contributed by atoms with E-state index < -0.39 is 0 Å². The predicted octanol–water partition coefficient (Wildman–Crippen LogP) is 3.14. The molecule has 7 nitrogen and oxygen atoms in total. The first-order valence-electron chi connectivity index (χ1n) is 9.59. The van der Waals surface area contributed by atoms with Gasteiger partial charge in [0, 0.05) is 36.6 Å². The van der Waals surface area contributed by atoms with Crippen molar-refractivity contribution in [2.75, 3.05) is 13.7 Å². The third kappa shape index (κ3) is 4.23. The van der Waals surface area contributed by atoms with Crippen LogP contribution in [0.2, 0.25) is 0 Å². The van der Waals surface area contributed by atoms with Gasteiger partial charge in [-0.25, -0.2) is 0 Å². The standard InChI is InChI=1S/C22H24N4O3/c1-15-10-20(11-16(2)23-15)29-14-18-12-21-22(27)25(8-9-26(21)24-18)13-17-4-6-19(28-3)7-5-17/h4-7,10-12H,8-9,13-14H2,1-3H3.